The highest BCUT2D eigenvalue weighted by Gasteiger charge is 2.26. The monoisotopic (exact) mass is 461 g/mol. The number of halogens is 2. The highest BCUT2D eigenvalue weighted by Crippen LogP contribution is 2.29. The van der Waals surface area contributed by atoms with Crippen LogP contribution in [0.5, 0.6) is 0 Å². The van der Waals surface area contributed by atoms with Crippen LogP contribution in [0.1, 0.15) is 25.0 Å². The van der Waals surface area contributed by atoms with Crippen molar-refractivity contribution in [3.63, 3.8) is 0 Å². The summed E-state index contributed by atoms with van der Waals surface area (Å²) in [5.41, 5.74) is 4.39. The fourth-order valence-electron chi connectivity index (χ4n) is 4.56. The zero-order chi connectivity index (χ0) is 20.2. The van der Waals surface area contributed by atoms with E-state index in [1.165, 1.54) is 5.56 Å². The van der Waals surface area contributed by atoms with Crippen molar-refractivity contribution in [1.29, 1.82) is 5.26 Å². The molecule has 4 rings (SSSR count). The van der Waals surface area contributed by atoms with Gasteiger partial charge in [-0.15, -0.1) is 24.8 Å². The minimum absolute atomic E-state index is 0. The quantitative estimate of drug-likeness (QED) is 0.747. The molecule has 0 bridgehead atoms. The second kappa shape index (κ2) is 11.6. The molecule has 5 nitrogen and oxygen atoms in total. The molecule has 31 heavy (non-hydrogen) atoms. The molecule has 2 aromatic carbocycles. The lowest BCUT2D eigenvalue weighted by atomic mass is 10.1. The molecule has 2 saturated heterocycles. The Labute approximate surface area is 198 Å². The summed E-state index contributed by atoms with van der Waals surface area (Å²) in [6, 6.07) is 20.5. The Morgan fingerprint density at radius 1 is 1.00 bits per heavy atom. The molecule has 2 aliphatic rings. The summed E-state index contributed by atoms with van der Waals surface area (Å²) < 4.78 is 0. The van der Waals surface area contributed by atoms with E-state index in [2.05, 4.69) is 88.5 Å². The van der Waals surface area contributed by atoms with Crippen molar-refractivity contribution in [1.82, 2.24) is 10.2 Å². The number of piperazine rings is 2. The topological polar surface area (TPSA) is 45.5 Å². The third-order valence-corrected chi connectivity index (χ3v) is 6.27. The number of nitrogens with one attached hydrogen (secondary N) is 1. The van der Waals surface area contributed by atoms with E-state index < -0.39 is 0 Å². The van der Waals surface area contributed by atoms with Crippen molar-refractivity contribution in [2.24, 2.45) is 0 Å². The predicted molar refractivity (Wildman–Crippen MR) is 134 cm³/mol. The van der Waals surface area contributed by atoms with Gasteiger partial charge >= 0.3 is 0 Å². The first-order valence-corrected chi connectivity index (χ1v) is 10.7. The maximum Gasteiger partial charge on any atom is 0.101 e. The predicted octanol–water partition coefficient (Wildman–Crippen LogP) is 3.91. The Morgan fingerprint density at radius 3 is 2.45 bits per heavy atom. The molecule has 2 fully saturated rings. The normalized spacial score (nSPS) is 21.6. The van der Waals surface area contributed by atoms with Crippen molar-refractivity contribution in [2.75, 3.05) is 49.1 Å². The first-order chi connectivity index (χ1) is 14.2. The van der Waals surface area contributed by atoms with Crippen LogP contribution in [-0.2, 0) is 6.54 Å². The van der Waals surface area contributed by atoms with Gasteiger partial charge in [-0.25, -0.2) is 0 Å². The summed E-state index contributed by atoms with van der Waals surface area (Å²) in [5, 5.41) is 13.3. The van der Waals surface area contributed by atoms with E-state index in [0.717, 1.165) is 62.8 Å². The summed E-state index contributed by atoms with van der Waals surface area (Å²) in [5.74, 6) is 0. The third kappa shape index (κ3) is 5.84. The van der Waals surface area contributed by atoms with Crippen molar-refractivity contribution in [3.05, 3.63) is 59.7 Å². The second-order valence-electron chi connectivity index (χ2n) is 8.31. The molecule has 2 aliphatic heterocycles. The van der Waals surface area contributed by atoms with Crippen molar-refractivity contribution >= 4 is 36.2 Å². The summed E-state index contributed by atoms with van der Waals surface area (Å²) in [4.78, 5) is 7.33. The molecule has 2 heterocycles. The number of hydrogen-bond donors (Lipinski definition) is 1. The molecule has 0 radical (unpaired) electrons. The first kappa shape index (κ1) is 25.3. The SMILES string of the molecule is C[C@@H]1CN(c2ccc(N3CCNC[C@@H]3C)cc2C#N)CCN1Cc1ccccc1.Cl.Cl. The van der Waals surface area contributed by atoms with E-state index in [0.29, 0.717) is 12.1 Å². The van der Waals surface area contributed by atoms with Crippen LogP contribution in [0.25, 0.3) is 0 Å². The van der Waals surface area contributed by atoms with E-state index in [1.807, 2.05) is 0 Å². The number of anilines is 2. The van der Waals surface area contributed by atoms with Crippen LogP contribution in [0.4, 0.5) is 11.4 Å². The summed E-state index contributed by atoms with van der Waals surface area (Å²) in [6.07, 6.45) is 0. The molecule has 0 aliphatic carbocycles. The Morgan fingerprint density at radius 2 is 1.77 bits per heavy atom. The fraction of sp³-hybridized carbons (Fsp3) is 0.458. The molecule has 1 N–H and O–H groups in total. The molecule has 0 amide bonds. The fourth-order valence-corrected chi connectivity index (χ4v) is 4.56. The number of rotatable bonds is 4. The van der Waals surface area contributed by atoms with Gasteiger partial charge < -0.3 is 15.1 Å². The molecule has 0 aromatic heterocycles. The molecular formula is C24H33Cl2N5. The number of hydrogen-bond acceptors (Lipinski definition) is 5. The van der Waals surface area contributed by atoms with Gasteiger partial charge in [0.2, 0.25) is 0 Å². The van der Waals surface area contributed by atoms with Gasteiger partial charge in [-0.3, -0.25) is 4.90 Å². The molecule has 168 valence electrons. The highest BCUT2D eigenvalue weighted by atomic mass is 35.5. The van der Waals surface area contributed by atoms with Gasteiger partial charge in [0.05, 0.1) is 11.3 Å². The molecule has 0 saturated carbocycles. The van der Waals surface area contributed by atoms with Crippen LogP contribution in [0.3, 0.4) is 0 Å². The van der Waals surface area contributed by atoms with Gasteiger partial charge in [0.15, 0.2) is 0 Å². The van der Waals surface area contributed by atoms with Gasteiger partial charge in [0, 0.05) is 63.6 Å². The molecular weight excluding hydrogens is 429 g/mol. The number of nitrogens with zero attached hydrogens (tertiary/aromatic N) is 4. The Bertz CT molecular complexity index is 870. The highest BCUT2D eigenvalue weighted by molar-refractivity contribution is 5.85. The van der Waals surface area contributed by atoms with E-state index in [9.17, 15) is 5.26 Å². The summed E-state index contributed by atoms with van der Waals surface area (Å²) >= 11 is 0. The van der Waals surface area contributed by atoms with Crippen LogP contribution in [-0.4, -0.2) is 56.3 Å². The van der Waals surface area contributed by atoms with Crippen LogP contribution in [0.2, 0.25) is 0 Å². The smallest absolute Gasteiger partial charge is 0.101 e. The lowest BCUT2D eigenvalue weighted by Crippen LogP contribution is -2.51. The minimum Gasteiger partial charge on any atom is -0.368 e. The van der Waals surface area contributed by atoms with Crippen molar-refractivity contribution in [2.45, 2.75) is 32.5 Å². The van der Waals surface area contributed by atoms with E-state index in [-0.39, 0.29) is 24.8 Å². The largest absolute Gasteiger partial charge is 0.368 e. The zero-order valence-electron chi connectivity index (χ0n) is 18.3. The van der Waals surface area contributed by atoms with Gasteiger partial charge in [-0.1, -0.05) is 30.3 Å². The molecule has 0 unspecified atom stereocenters. The number of benzene rings is 2. The third-order valence-electron chi connectivity index (χ3n) is 6.27. The first-order valence-electron chi connectivity index (χ1n) is 10.7. The second-order valence-corrected chi connectivity index (χ2v) is 8.31. The van der Waals surface area contributed by atoms with Crippen LogP contribution in [0.15, 0.2) is 48.5 Å². The maximum absolute atomic E-state index is 9.83. The summed E-state index contributed by atoms with van der Waals surface area (Å²) in [7, 11) is 0. The standard InChI is InChI=1S/C24H31N5.2ClH/c1-19-16-26-10-11-29(19)23-8-9-24(22(14-23)15-25)28-13-12-27(20(2)17-28)18-21-6-4-3-5-7-21;;/h3-9,14,19-20,26H,10-13,16-18H2,1-2H3;2*1H/t19-,20+;;/m0../s1. The van der Waals surface area contributed by atoms with E-state index in [4.69, 9.17) is 0 Å². The Hall–Kier alpha value is -1.97. The Kier molecular flexibility index (Phi) is 9.46. The van der Waals surface area contributed by atoms with E-state index >= 15 is 0 Å². The van der Waals surface area contributed by atoms with Crippen molar-refractivity contribution < 1.29 is 0 Å². The molecule has 7 heteroatoms. The zero-order valence-corrected chi connectivity index (χ0v) is 20.0. The average molecular weight is 462 g/mol. The van der Waals surface area contributed by atoms with Crippen molar-refractivity contribution in [3.8, 4) is 6.07 Å². The lowest BCUT2D eigenvalue weighted by Gasteiger charge is -2.41. The number of nitriles is 1. The maximum atomic E-state index is 9.83. The Balaban J connectivity index is 0.00000171. The van der Waals surface area contributed by atoms with Gasteiger partial charge in [-0.2, -0.15) is 5.26 Å². The van der Waals surface area contributed by atoms with Crippen LogP contribution >= 0.6 is 24.8 Å². The van der Waals surface area contributed by atoms with Gasteiger partial charge in [-0.05, 0) is 37.6 Å². The molecule has 2 aromatic rings. The van der Waals surface area contributed by atoms with Gasteiger partial charge in [0.25, 0.3) is 0 Å². The van der Waals surface area contributed by atoms with Gasteiger partial charge in [0.1, 0.15) is 6.07 Å². The van der Waals surface area contributed by atoms with Crippen LogP contribution in [0, 0.1) is 11.3 Å². The lowest BCUT2D eigenvalue weighted by molar-refractivity contribution is 0.181. The van der Waals surface area contributed by atoms with E-state index in [1.54, 1.807) is 0 Å². The average Bonchev–Trinajstić information content (AvgIpc) is 2.76. The molecule has 2 atom stereocenters. The van der Waals surface area contributed by atoms with Crippen LogP contribution < -0.4 is 15.1 Å². The molecule has 0 spiro atoms. The minimum atomic E-state index is 0. The summed E-state index contributed by atoms with van der Waals surface area (Å²) in [6.45, 7) is 11.4.